The largest absolute Gasteiger partial charge is 0.480 e. The van der Waals surface area contributed by atoms with Crippen molar-refractivity contribution in [2.45, 2.75) is 33.2 Å². The van der Waals surface area contributed by atoms with E-state index in [4.69, 9.17) is 5.11 Å². The van der Waals surface area contributed by atoms with Gasteiger partial charge < -0.3 is 10.4 Å². The Morgan fingerprint density at radius 2 is 2.21 bits per heavy atom. The van der Waals surface area contributed by atoms with Crippen molar-refractivity contribution in [2.24, 2.45) is 5.92 Å². The second kappa shape index (κ2) is 6.12. The molecule has 2 N–H and O–H groups in total. The number of hydrogen-bond donors (Lipinski definition) is 2. The quantitative estimate of drug-likeness (QED) is 0.604. The van der Waals surface area contributed by atoms with E-state index < -0.39 is 16.9 Å². The van der Waals surface area contributed by atoms with Gasteiger partial charge in [0.05, 0.1) is 4.92 Å². The topological polar surface area (TPSA) is 105 Å². The predicted molar refractivity (Wildman–Crippen MR) is 70.1 cm³/mol. The fraction of sp³-hybridized carbons (Fsp3) is 0.500. The third-order valence-corrected chi connectivity index (χ3v) is 2.61. The van der Waals surface area contributed by atoms with Crippen molar-refractivity contribution in [1.82, 2.24) is 4.98 Å². The molecule has 0 aliphatic rings. The zero-order chi connectivity index (χ0) is 14.6. The lowest BCUT2D eigenvalue weighted by atomic mass is 10.0. The molecular formula is C12H17N3O4. The molecule has 1 rings (SSSR count). The van der Waals surface area contributed by atoms with Gasteiger partial charge in [0.25, 0.3) is 5.69 Å². The van der Waals surface area contributed by atoms with Gasteiger partial charge in [0.2, 0.25) is 0 Å². The Kier molecular flexibility index (Phi) is 4.80. The highest BCUT2D eigenvalue weighted by Gasteiger charge is 2.20. The molecule has 1 atom stereocenters. The second-order valence-electron chi connectivity index (χ2n) is 4.78. The Hall–Kier alpha value is -2.18. The van der Waals surface area contributed by atoms with Crippen molar-refractivity contribution in [1.29, 1.82) is 0 Å². The number of nitrogens with one attached hydrogen (secondary N) is 1. The van der Waals surface area contributed by atoms with Crippen LogP contribution in [0.5, 0.6) is 0 Å². The van der Waals surface area contributed by atoms with Crippen molar-refractivity contribution in [3.63, 3.8) is 0 Å². The highest BCUT2D eigenvalue weighted by molar-refractivity contribution is 5.76. The van der Waals surface area contributed by atoms with Crippen LogP contribution in [0.1, 0.15) is 25.8 Å². The number of rotatable bonds is 6. The van der Waals surface area contributed by atoms with Gasteiger partial charge in [-0.15, -0.1) is 0 Å². The molecule has 1 unspecified atom stereocenters. The Morgan fingerprint density at radius 1 is 1.58 bits per heavy atom. The molecule has 104 valence electrons. The molecule has 0 saturated carbocycles. The molecule has 0 saturated heterocycles. The van der Waals surface area contributed by atoms with Gasteiger partial charge in [-0.3, -0.25) is 10.1 Å². The number of hydrogen-bond acceptors (Lipinski definition) is 5. The second-order valence-corrected chi connectivity index (χ2v) is 4.78. The van der Waals surface area contributed by atoms with E-state index in [9.17, 15) is 14.9 Å². The zero-order valence-corrected chi connectivity index (χ0v) is 11.1. The number of carbonyl (C=O) groups is 1. The van der Waals surface area contributed by atoms with Crippen molar-refractivity contribution >= 4 is 17.5 Å². The van der Waals surface area contributed by atoms with Gasteiger partial charge >= 0.3 is 5.97 Å². The van der Waals surface area contributed by atoms with Crippen LogP contribution in [0.4, 0.5) is 11.5 Å². The summed E-state index contributed by atoms with van der Waals surface area (Å²) in [5.74, 6) is -0.421. The van der Waals surface area contributed by atoms with Crippen LogP contribution in [0.15, 0.2) is 12.3 Å². The van der Waals surface area contributed by atoms with Crippen LogP contribution in [-0.2, 0) is 4.79 Å². The van der Waals surface area contributed by atoms with Crippen LogP contribution in [0, 0.1) is 23.0 Å². The number of carboxylic acid groups (broad SMARTS) is 1. The number of pyridine rings is 1. The number of aromatic nitrogens is 1. The van der Waals surface area contributed by atoms with Crippen molar-refractivity contribution in [3.8, 4) is 0 Å². The van der Waals surface area contributed by atoms with E-state index in [0.29, 0.717) is 17.8 Å². The van der Waals surface area contributed by atoms with E-state index >= 15 is 0 Å². The minimum Gasteiger partial charge on any atom is -0.480 e. The van der Waals surface area contributed by atoms with Crippen LogP contribution < -0.4 is 5.32 Å². The summed E-state index contributed by atoms with van der Waals surface area (Å²) in [6.07, 6.45) is 1.58. The maximum atomic E-state index is 11.1. The van der Waals surface area contributed by atoms with E-state index in [1.807, 2.05) is 13.8 Å². The van der Waals surface area contributed by atoms with Gasteiger partial charge in [0.1, 0.15) is 18.1 Å². The summed E-state index contributed by atoms with van der Waals surface area (Å²) in [6.45, 7) is 5.43. The Labute approximate surface area is 110 Å². The van der Waals surface area contributed by atoms with Gasteiger partial charge in [-0.2, -0.15) is 0 Å². The maximum Gasteiger partial charge on any atom is 0.326 e. The van der Waals surface area contributed by atoms with Crippen LogP contribution >= 0.6 is 0 Å². The Morgan fingerprint density at radius 3 is 2.63 bits per heavy atom. The highest BCUT2D eigenvalue weighted by atomic mass is 16.6. The van der Waals surface area contributed by atoms with Gasteiger partial charge in [-0.25, -0.2) is 9.78 Å². The fourth-order valence-electron chi connectivity index (χ4n) is 1.69. The Balaban J connectivity index is 2.88. The van der Waals surface area contributed by atoms with E-state index in [1.54, 1.807) is 6.92 Å². The van der Waals surface area contributed by atoms with Gasteiger partial charge in [-0.05, 0) is 25.3 Å². The lowest BCUT2D eigenvalue weighted by Crippen LogP contribution is -2.31. The normalized spacial score (nSPS) is 12.2. The minimum atomic E-state index is -0.966. The molecule has 1 aromatic rings. The van der Waals surface area contributed by atoms with Crippen LogP contribution in [0.3, 0.4) is 0 Å². The van der Waals surface area contributed by atoms with Crippen molar-refractivity contribution in [2.75, 3.05) is 5.32 Å². The van der Waals surface area contributed by atoms with Crippen LogP contribution in [0.2, 0.25) is 0 Å². The Bertz CT molecular complexity index is 488. The molecule has 0 aliphatic heterocycles. The van der Waals surface area contributed by atoms with Crippen LogP contribution in [0.25, 0.3) is 0 Å². The first kappa shape index (κ1) is 14.9. The summed E-state index contributed by atoms with van der Waals surface area (Å²) in [5.41, 5.74) is 0.359. The van der Waals surface area contributed by atoms with E-state index in [2.05, 4.69) is 10.3 Å². The molecule has 1 heterocycles. The van der Waals surface area contributed by atoms with E-state index in [0.717, 1.165) is 6.20 Å². The number of nitrogens with zero attached hydrogens (tertiary/aromatic N) is 2. The maximum absolute atomic E-state index is 11.1. The average Bonchev–Trinajstić information content (AvgIpc) is 2.26. The van der Waals surface area contributed by atoms with Crippen molar-refractivity contribution < 1.29 is 14.8 Å². The summed E-state index contributed by atoms with van der Waals surface area (Å²) in [7, 11) is 0. The smallest absolute Gasteiger partial charge is 0.326 e. The summed E-state index contributed by atoms with van der Waals surface area (Å²) in [6, 6.07) is 0.724. The molecule has 0 aliphatic carbocycles. The lowest BCUT2D eigenvalue weighted by molar-refractivity contribution is -0.385. The summed E-state index contributed by atoms with van der Waals surface area (Å²) in [4.78, 5) is 25.1. The molecule has 19 heavy (non-hydrogen) atoms. The molecule has 0 amide bonds. The fourth-order valence-corrected chi connectivity index (χ4v) is 1.69. The van der Waals surface area contributed by atoms with Gasteiger partial charge in [0.15, 0.2) is 0 Å². The minimum absolute atomic E-state index is 0.0821. The number of aryl methyl sites for hydroxylation is 1. The number of nitro groups is 1. The molecule has 0 bridgehead atoms. The first-order chi connectivity index (χ1) is 8.81. The average molecular weight is 267 g/mol. The first-order valence-electron chi connectivity index (χ1n) is 5.91. The first-order valence-corrected chi connectivity index (χ1v) is 5.91. The predicted octanol–water partition coefficient (Wildman–Crippen LogP) is 2.21. The summed E-state index contributed by atoms with van der Waals surface area (Å²) >= 11 is 0. The summed E-state index contributed by atoms with van der Waals surface area (Å²) in [5, 5.41) is 22.5. The highest BCUT2D eigenvalue weighted by Crippen LogP contribution is 2.20. The number of carboxylic acids is 1. The number of aliphatic carboxylic acids is 1. The zero-order valence-electron chi connectivity index (χ0n) is 11.1. The number of anilines is 1. The molecule has 0 fully saturated rings. The molecule has 0 aromatic carbocycles. The molecular weight excluding hydrogens is 250 g/mol. The third-order valence-electron chi connectivity index (χ3n) is 2.61. The van der Waals surface area contributed by atoms with Gasteiger partial charge in [0, 0.05) is 5.56 Å². The summed E-state index contributed by atoms with van der Waals surface area (Å²) < 4.78 is 0. The standard InChI is InChI=1S/C12H17N3O4/c1-7(2)4-9(12(16)17)14-11-5-8(3)10(6-13-11)15(18)19/h5-7,9H,4H2,1-3H3,(H,13,14)(H,16,17). The molecule has 7 nitrogen and oxygen atoms in total. The molecule has 7 heteroatoms. The van der Waals surface area contributed by atoms with E-state index in [-0.39, 0.29) is 11.6 Å². The lowest BCUT2D eigenvalue weighted by Gasteiger charge is -2.17. The van der Waals surface area contributed by atoms with Crippen molar-refractivity contribution in [3.05, 3.63) is 27.9 Å². The van der Waals surface area contributed by atoms with Crippen LogP contribution in [-0.4, -0.2) is 27.0 Å². The molecule has 0 radical (unpaired) electrons. The van der Waals surface area contributed by atoms with E-state index in [1.165, 1.54) is 6.07 Å². The third kappa shape index (κ3) is 4.20. The molecule has 1 aromatic heterocycles. The monoisotopic (exact) mass is 267 g/mol. The SMILES string of the molecule is Cc1cc(NC(CC(C)C)C(=O)O)ncc1[N+](=O)[O-]. The van der Waals surface area contributed by atoms with Gasteiger partial charge in [-0.1, -0.05) is 13.8 Å². The molecule has 0 spiro atoms.